The van der Waals surface area contributed by atoms with E-state index in [2.05, 4.69) is 24.3 Å². The van der Waals surface area contributed by atoms with Crippen molar-refractivity contribution in [1.82, 2.24) is 0 Å². The maximum Gasteiger partial charge on any atom is 0.167 e. The van der Waals surface area contributed by atoms with Gasteiger partial charge in [-0.25, -0.2) is 0 Å². The van der Waals surface area contributed by atoms with E-state index in [1.54, 1.807) is 28.4 Å². The maximum absolute atomic E-state index is 5.59. The lowest BCUT2D eigenvalue weighted by atomic mass is 10.1. The van der Waals surface area contributed by atoms with E-state index >= 15 is 0 Å². The molecule has 35 heavy (non-hydrogen) atoms. The molecule has 0 spiro atoms. The zero-order chi connectivity index (χ0) is 24.6. The molecule has 0 aliphatic carbocycles. The number of hydrogen-bond acceptors (Lipinski definition) is 6. The SMILES string of the molecule is COc1cccc(C=CC2=NN(c3ccccc3)C(C=Cc3cccc(OC)c3OC)C2)c1OC. The lowest BCUT2D eigenvalue weighted by molar-refractivity contribution is 0.354. The van der Waals surface area contributed by atoms with E-state index in [0.717, 1.165) is 28.9 Å². The van der Waals surface area contributed by atoms with Gasteiger partial charge in [0, 0.05) is 17.5 Å². The molecule has 0 amide bonds. The first-order valence-electron chi connectivity index (χ1n) is 11.4. The van der Waals surface area contributed by atoms with E-state index in [1.807, 2.05) is 71.8 Å². The van der Waals surface area contributed by atoms with Crippen LogP contribution in [0.3, 0.4) is 0 Å². The summed E-state index contributed by atoms with van der Waals surface area (Å²) in [5, 5.41) is 6.97. The van der Waals surface area contributed by atoms with Crippen molar-refractivity contribution in [3.63, 3.8) is 0 Å². The number of benzene rings is 3. The van der Waals surface area contributed by atoms with Crippen molar-refractivity contribution in [1.29, 1.82) is 0 Å². The average molecular weight is 471 g/mol. The lowest BCUT2D eigenvalue weighted by Crippen LogP contribution is -2.23. The van der Waals surface area contributed by atoms with Crippen LogP contribution in [0, 0.1) is 0 Å². The van der Waals surface area contributed by atoms with Crippen LogP contribution in [0.2, 0.25) is 0 Å². The number of methoxy groups -OCH3 is 4. The summed E-state index contributed by atoms with van der Waals surface area (Å²) >= 11 is 0. The van der Waals surface area contributed by atoms with Gasteiger partial charge in [-0.3, -0.25) is 5.01 Å². The van der Waals surface area contributed by atoms with Gasteiger partial charge in [0.25, 0.3) is 0 Å². The van der Waals surface area contributed by atoms with Crippen LogP contribution in [-0.4, -0.2) is 40.2 Å². The summed E-state index contributed by atoms with van der Waals surface area (Å²) in [6.07, 6.45) is 9.02. The summed E-state index contributed by atoms with van der Waals surface area (Å²) < 4.78 is 22.0. The van der Waals surface area contributed by atoms with Gasteiger partial charge in [-0.2, -0.15) is 5.10 Å². The molecule has 0 bridgehead atoms. The highest BCUT2D eigenvalue weighted by atomic mass is 16.5. The van der Waals surface area contributed by atoms with Crippen LogP contribution in [0.25, 0.3) is 12.2 Å². The van der Waals surface area contributed by atoms with Gasteiger partial charge in [-0.1, -0.05) is 54.6 Å². The van der Waals surface area contributed by atoms with E-state index in [-0.39, 0.29) is 6.04 Å². The number of para-hydroxylation sites is 3. The second-order valence-corrected chi connectivity index (χ2v) is 7.90. The third-order valence-corrected chi connectivity index (χ3v) is 5.81. The molecule has 1 aliphatic heterocycles. The maximum atomic E-state index is 5.59. The monoisotopic (exact) mass is 470 g/mol. The molecule has 1 heterocycles. The smallest absolute Gasteiger partial charge is 0.167 e. The quantitative estimate of drug-likeness (QED) is 0.379. The van der Waals surface area contributed by atoms with E-state index in [1.165, 1.54) is 0 Å². The molecule has 3 aromatic carbocycles. The van der Waals surface area contributed by atoms with Gasteiger partial charge in [0.1, 0.15) is 0 Å². The minimum atomic E-state index is 0.0418. The predicted molar refractivity (Wildman–Crippen MR) is 142 cm³/mol. The van der Waals surface area contributed by atoms with Gasteiger partial charge >= 0.3 is 0 Å². The van der Waals surface area contributed by atoms with Crippen LogP contribution in [0.1, 0.15) is 17.5 Å². The van der Waals surface area contributed by atoms with Gasteiger partial charge in [0.2, 0.25) is 0 Å². The van der Waals surface area contributed by atoms with Crippen molar-refractivity contribution in [2.75, 3.05) is 33.4 Å². The van der Waals surface area contributed by atoms with Crippen molar-refractivity contribution >= 4 is 23.6 Å². The van der Waals surface area contributed by atoms with E-state index in [9.17, 15) is 0 Å². The first-order valence-corrected chi connectivity index (χ1v) is 11.4. The Morgan fingerprint density at radius 2 is 1.29 bits per heavy atom. The first-order chi connectivity index (χ1) is 17.2. The highest BCUT2D eigenvalue weighted by Crippen LogP contribution is 2.34. The van der Waals surface area contributed by atoms with Gasteiger partial charge in [-0.05, 0) is 36.4 Å². The van der Waals surface area contributed by atoms with Gasteiger partial charge < -0.3 is 18.9 Å². The van der Waals surface area contributed by atoms with Crippen molar-refractivity contribution in [3.8, 4) is 23.0 Å². The van der Waals surface area contributed by atoms with E-state index < -0.39 is 0 Å². The van der Waals surface area contributed by atoms with E-state index in [4.69, 9.17) is 24.0 Å². The molecule has 1 unspecified atom stereocenters. The van der Waals surface area contributed by atoms with Crippen molar-refractivity contribution in [2.24, 2.45) is 5.10 Å². The van der Waals surface area contributed by atoms with Crippen LogP contribution < -0.4 is 24.0 Å². The Kier molecular flexibility index (Phi) is 7.73. The van der Waals surface area contributed by atoms with Crippen molar-refractivity contribution < 1.29 is 18.9 Å². The Morgan fingerprint density at radius 1 is 0.686 bits per heavy atom. The van der Waals surface area contributed by atoms with Gasteiger partial charge in [0.15, 0.2) is 23.0 Å². The molecule has 0 fully saturated rings. The molecule has 0 aromatic heterocycles. The van der Waals surface area contributed by atoms with Crippen LogP contribution in [0.4, 0.5) is 5.69 Å². The molecule has 6 heteroatoms. The molecule has 0 saturated heterocycles. The minimum absolute atomic E-state index is 0.0418. The Hall–Kier alpha value is -4.19. The minimum Gasteiger partial charge on any atom is -0.493 e. The molecule has 0 N–H and O–H groups in total. The Labute approximate surface area is 206 Å². The fourth-order valence-corrected chi connectivity index (χ4v) is 4.12. The molecule has 0 saturated carbocycles. The topological polar surface area (TPSA) is 52.5 Å². The van der Waals surface area contributed by atoms with E-state index in [0.29, 0.717) is 23.0 Å². The molecular formula is C29H30N2O4. The van der Waals surface area contributed by atoms with Crippen molar-refractivity contribution in [2.45, 2.75) is 12.5 Å². The third-order valence-electron chi connectivity index (χ3n) is 5.81. The number of anilines is 1. The summed E-state index contributed by atoms with van der Waals surface area (Å²) in [4.78, 5) is 0. The summed E-state index contributed by atoms with van der Waals surface area (Å²) in [6, 6.07) is 21.9. The molecule has 6 nitrogen and oxygen atoms in total. The molecule has 1 aliphatic rings. The Morgan fingerprint density at radius 3 is 1.86 bits per heavy atom. The number of nitrogens with zero attached hydrogens (tertiary/aromatic N) is 2. The van der Waals surface area contributed by atoms with Crippen molar-refractivity contribution in [3.05, 3.63) is 90.0 Å². The number of rotatable bonds is 9. The molecular weight excluding hydrogens is 440 g/mol. The first kappa shape index (κ1) is 24.0. The van der Waals surface area contributed by atoms with Crippen LogP contribution >= 0.6 is 0 Å². The highest BCUT2D eigenvalue weighted by Gasteiger charge is 2.25. The summed E-state index contributed by atoms with van der Waals surface area (Å²) in [5.74, 6) is 2.81. The van der Waals surface area contributed by atoms with Gasteiger partial charge in [0.05, 0.1) is 45.9 Å². The number of hydrazone groups is 1. The number of hydrogen-bond donors (Lipinski definition) is 0. The Balaban J connectivity index is 1.63. The van der Waals surface area contributed by atoms with Crippen LogP contribution in [-0.2, 0) is 0 Å². The van der Waals surface area contributed by atoms with Crippen LogP contribution in [0.5, 0.6) is 23.0 Å². The lowest BCUT2D eigenvalue weighted by Gasteiger charge is -2.21. The molecule has 1 atom stereocenters. The molecule has 180 valence electrons. The average Bonchev–Trinajstić information content (AvgIpc) is 3.33. The third kappa shape index (κ3) is 5.32. The molecule has 4 rings (SSSR count). The standard InChI is InChI=1S/C29H30N2O4/c1-32-26-14-8-10-21(28(26)34-3)16-18-23-20-25(31(30-23)24-12-6-5-7-13-24)19-17-22-11-9-15-27(33-2)29(22)35-4/h5-19,25H,20H2,1-4H3. The number of allylic oxidation sites excluding steroid dienone is 1. The largest absolute Gasteiger partial charge is 0.493 e. The summed E-state index contributed by atoms with van der Waals surface area (Å²) in [5.41, 5.74) is 3.87. The molecule has 3 aromatic rings. The fourth-order valence-electron chi connectivity index (χ4n) is 4.12. The predicted octanol–water partition coefficient (Wildman–Crippen LogP) is 6.08. The highest BCUT2D eigenvalue weighted by molar-refractivity contribution is 6.01. The zero-order valence-electron chi connectivity index (χ0n) is 20.5. The zero-order valence-corrected chi connectivity index (χ0v) is 20.5. The second kappa shape index (κ2) is 11.3. The summed E-state index contributed by atoms with van der Waals surface area (Å²) in [7, 11) is 6.58. The van der Waals surface area contributed by atoms with Crippen LogP contribution in [0.15, 0.2) is 84.0 Å². The second-order valence-electron chi connectivity index (χ2n) is 7.90. The molecule has 0 radical (unpaired) electrons. The number of ether oxygens (including phenoxy) is 4. The normalized spacial score (nSPS) is 15.5. The fraction of sp³-hybridized carbons (Fsp3) is 0.207. The summed E-state index contributed by atoms with van der Waals surface area (Å²) in [6.45, 7) is 0. The Bertz CT molecular complexity index is 1230. The van der Waals surface area contributed by atoms with Gasteiger partial charge in [-0.15, -0.1) is 0 Å².